The van der Waals surface area contributed by atoms with Gasteiger partial charge in [0, 0.05) is 18.2 Å². The summed E-state index contributed by atoms with van der Waals surface area (Å²) >= 11 is 0. The highest BCUT2D eigenvalue weighted by molar-refractivity contribution is 5.34. The van der Waals surface area contributed by atoms with Gasteiger partial charge in [0.1, 0.15) is 0 Å². The average molecular weight is 264 g/mol. The summed E-state index contributed by atoms with van der Waals surface area (Å²) in [5.41, 5.74) is 1.23. The molecule has 4 nitrogen and oxygen atoms in total. The fourth-order valence-electron chi connectivity index (χ4n) is 2.31. The molecule has 0 heterocycles. The van der Waals surface area contributed by atoms with Crippen LogP contribution in [0.25, 0.3) is 0 Å². The molecule has 0 radical (unpaired) electrons. The van der Waals surface area contributed by atoms with E-state index in [-0.39, 0.29) is 10.6 Å². The van der Waals surface area contributed by atoms with Crippen LogP contribution in [0, 0.1) is 16.0 Å². The summed E-state index contributed by atoms with van der Waals surface area (Å²) in [7, 11) is 0. The minimum absolute atomic E-state index is 0.182. The van der Waals surface area contributed by atoms with Crippen LogP contribution in [0.2, 0.25) is 0 Å². The number of hydrogen-bond donors (Lipinski definition) is 1. The second kappa shape index (κ2) is 7.89. The van der Waals surface area contributed by atoms with Crippen molar-refractivity contribution in [3.8, 4) is 0 Å². The van der Waals surface area contributed by atoms with Gasteiger partial charge in [0.25, 0.3) is 5.69 Å². The van der Waals surface area contributed by atoms with Crippen molar-refractivity contribution in [3.05, 3.63) is 39.9 Å². The zero-order valence-corrected chi connectivity index (χ0v) is 12.1. The molecule has 0 aliphatic rings. The fraction of sp³-hybridized carbons (Fsp3) is 0.600. The van der Waals surface area contributed by atoms with Gasteiger partial charge in [-0.3, -0.25) is 10.1 Å². The van der Waals surface area contributed by atoms with Crippen molar-refractivity contribution < 1.29 is 4.92 Å². The molecule has 0 aliphatic heterocycles. The predicted molar refractivity (Wildman–Crippen MR) is 78.3 cm³/mol. The summed E-state index contributed by atoms with van der Waals surface area (Å²) in [5, 5.41) is 14.3. The molecule has 0 fully saturated rings. The molecule has 2 atom stereocenters. The first-order valence-electron chi connectivity index (χ1n) is 7.05. The standard InChI is InChI=1S/C15H24N2O2/c1-4-9-16-12(3)14(5-2)10-13-7-6-8-15(11-13)17(18)19/h6-8,11-12,14,16H,4-5,9-10H2,1-3H3. The van der Waals surface area contributed by atoms with Crippen molar-refractivity contribution in [2.75, 3.05) is 6.54 Å². The smallest absolute Gasteiger partial charge is 0.269 e. The van der Waals surface area contributed by atoms with Gasteiger partial charge in [0.2, 0.25) is 0 Å². The lowest BCUT2D eigenvalue weighted by Gasteiger charge is -2.24. The number of non-ortho nitro benzene ring substituents is 1. The summed E-state index contributed by atoms with van der Waals surface area (Å²) in [6.45, 7) is 7.54. The average Bonchev–Trinajstić information content (AvgIpc) is 2.42. The molecular weight excluding hydrogens is 240 g/mol. The van der Waals surface area contributed by atoms with E-state index in [4.69, 9.17) is 0 Å². The third-order valence-corrected chi connectivity index (χ3v) is 3.57. The topological polar surface area (TPSA) is 55.2 Å². The van der Waals surface area contributed by atoms with E-state index in [0.717, 1.165) is 31.4 Å². The molecule has 1 aromatic carbocycles. The van der Waals surface area contributed by atoms with Crippen molar-refractivity contribution in [2.45, 2.75) is 46.1 Å². The lowest BCUT2D eigenvalue weighted by molar-refractivity contribution is -0.384. The zero-order valence-electron chi connectivity index (χ0n) is 12.1. The van der Waals surface area contributed by atoms with Gasteiger partial charge in [-0.15, -0.1) is 0 Å². The van der Waals surface area contributed by atoms with E-state index >= 15 is 0 Å². The molecule has 0 amide bonds. The minimum Gasteiger partial charge on any atom is -0.314 e. The second-order valence-corrected chi connectivity index (χ2v) is 5.04. The first-order valence-corrected chi connectivity index (χ1v) is 7.05. The van der Waals surface area contributed by atoms with Crippen LogP contribution in [0.5, 0.6) is 0 Å². The van der Waals surface area contributed by atoms with E-state index in [2.05, 4.69) is 26.1 Å². The van der Waals surface area contributed by atoms with Gasteiger partial charge in [0.05, 0.1) is 4.92 Å². The van der Waals surface area contributed by atoms with Crippen LogP contribution in [0.3, 0.4) is 0 Å². The number of nitro benzene ring substituents is 1. The lowest BCUT2D eigenvalue weighted by Crippen LogP contribution is -2.34. The SMILES string of the molecule is CCCNC(C)C(CC)Cc1cccc([N+](=O)[O-])c1. The Morgan fingerprint density at radius 1 is 1.37 bits per heavy atom. The fourth-order valence-corrected chi connectivity index (χ4v) is 2.31. The highest BCUT2D eigenvalue weighted by atomic mass is 16.6. The maximum absolute atomic E-state index is 10.8. The maximum atomic E-state index is 10.8. The Labute approximate surface area is 115 Å². The second-order valence-electron chi connectivity index (χ2n) is 5.04. The Bertz CT molecular complexity index is 407. The number of nitrogens with zero attached hydrogens (tertiary/aromatic N) is 1. The third kappa shape index (κ3) is 4.99. The van der Waals surface area contributed by atoms with Crippen LogP contribution in [0.4, 0.5) is 5.69 Å². The van der Waals surface area contributed by atoms with Crippen molar-refractivity contribution in [3.63, 3.8) is 0 Å². The van der Waals surface area contributed by atoms with Crippen molar-refractivity contribution in [1.29, 1.82) is 0 Å². The molecule has 0 spiro atoms. The maximum Gasteiger partial charge on any atom is 0.269 e. The van der Waals surface area contributed by atoms with Crippen LogP contribution < -0.4 is 5.32 Å². The number of nitro groups is 1. The van der Waals surface area contributed by atoms with E-state index < -0.39 is 0 Å². The normalized spacial score (nSPS) is 14.1. The van der Waals surface area contributed by atoms with Crippen LogP contribution in [0.15, 0.2) is 24.3 Å². The Morgan fingerprint density at radius 3 is 2.68 bits per heavy atom. The van der Waals surface area contributed by atoms with Gasteiger partial charge in [-0.2, -0.15) is 0 Å². The van der Waals surface area contributed by atoms with Crippen molar-refractivity contribution >= 4 is 5.69 Å². The van der Waals surface area contributed by atoms with E-state index in [1.165, 1.54) is 0 Å². The van der Waals surface area contributed by atoms with Gasteiger partial charge in [-0.25, -0.2) is 0 Å². The largest absolute Gasteiger partial charge is 0.314 e. The molecule has 0 bridgehead atoms. The molecule has 0 saturated heterocycles. The van der Waals surface area contributed by atoms with Crippen LogP contribution >= 0.6 is 0 Å². The third-order valence-electron chi connectivity index (χ3n) is 3.57. The van der Waals surface area contributed by atoms with Gasteiger partial charge in [0.15, 0.2) is 0 Å². The number of benzene rings is 1. The molecule has 106 valence electrons. The quantitative estimate of drug-likeness (QED) is 0.577. The first kappa shape index (κ1) is 15.6. The predicted octanol–water partition coefficient (Wildman–Crippen LogP) is 3.55. The molecule has 19 heavy (non-hydrogen) atoms. The summed E-state index contributed by atoms with van der Waals surface area (Å²) in [4.78, 5) is 10.4. The Morgan fingerprint density at radius 2 is 2.11 bits per heavy atom. The molecule has 0 aromatic heterocycles. The van der Waals surface area contributed by atoms with Gasteiger partial charge >= 0.3 is 0 Å². The van der Waals surface area contributed by atoms with Crippen LogP contribution in [-0.4, -0.2) is 17.5 Å². The lowest BCUT2D eigenvalue weighted by atomic mass is 9.90. The Hall–Kier alpha value is -1.42. The van der Waals surface area contributed by atoms with Crippen LogP contribution in [0.1, 0.15) is 39.2 Å². The molecule has 1 N–H and O–H groups in total. The summed E-state index contributed by atoms with van der Waals surface area (Å²) < 4.78 is 0. The number of rotatable bonds is 8. The molecule has 0 saturated carbocycles. The van der Waals surface area contributed by atoms with Gasteiger partial charge in [-0.05, 0) is 37.8 Å². The summed E-state index contributed by atoms with van der Waals surface area (Å²) in [6.07, 6.45) is 3.08. The van der Waals surface area contributed by atoms with E-state index in [9.17, 15) is 10.1 Å². The van der Waals surface area contributed by atoms with Crippen molar-refractivity contribution in [2.24, 2.45) is 5.92 Å². The molecule has 4 heteroatoms. The Kier molecular flexibility index (Phi) is 6.50. The molecule has 1 aromatic rings. The molecular formula is C15H24N2O2. The molecule has 2 unspecified atom stereocenters. The van der Waals surface area contributed by atoms with Crippen molar-refractivity contribution in [1.82, 2.24) is 5.32 Å². The molecule has 1 rings (SSSR count). The monoisotopic (exact) mass is 264 g/mol. The van der Waals surface area contributed by atoms with Crippen LogP contribution in [-0.2, 0) is 6.42 Å². The van der Waals surface area contributed by atoms with E-state index in [0.29, 0.717) is 12.0 Å². The van der Waals surface area contributed by atoms with E-state index in [1.807, 2.05) is 6.07 Å². The zero-order chi connectivity index (χ0) is 14.3. The first-order chi connectivity index (χ1) is 9.08. The summed E-state index contributed by atoms with van der Waals surface area (Å²) in [6, 6.07) is 7.41. The van der Waals surface area contributed by atoms with Gasteiger partial charge < -0.3 is 5.32 Å². The number of hydrogen-bond acceptors (Lipinski definition) is 3. The number of nitrogens with one attached hydrogen (secondary N) is 1. The highest BCUT2D eigenvalue weighted by Gasteiger charge is 2.16. The van der Waals surface area contributed by atoms with E-state index in [1.54, 1.807) is 18.2 Å². The highest BCUT2D eigenvalue weighted by Crippen LogP contribution is 2.20. The molecule has 0 aliphatic carbocycles. The van der Waals surface area contributed by atoms with Gasteiger partial charge in [-0.1, -0.05) is 32.4 Å². The minimum atomic E-state index is -0.330. The Balaban J connectivity index is 2.69. The summed E-state index contributed by atoms with van der Waals surface area (Å²) in [5.74, 6) is 0.508.